The highest BCUT2D eigenvalue weighted by atomic mass is 16.5. The van der Waals surface area contributed by atoms with Crippen LogP contribution in [0.5, 0.6) is 0 Å². The standard InChI is InChI=1S/C16H17NO4/c1-17-9-13(10-5-6-21-15(18)8-10)12-7-11(16(19)20-2)3-4-14(12)17/h3-4,7,9-10H,5-6,8H2,1-2H3/t10-/m0/s1. The Morgan fingerprint density at radius 2 is 2.24 bits per heavy atom. The van der Waals surface area contributed by atoms with E-state index in [1.54, 1.807) is 6.07 Å². The SMILES string of the molecule is COC(=O)c1ccc2c(c1)c([C@H]1CCOC(=O)C1)cn2C. The molecule has 1 saturated heterocycles. The van der Waals surface area contributed by atoms with Crippen molar-refractivity contribution in [1.82, 2.24) is 4.57 Å². The Morgan fingerprint density at radius 3 is 2.95 bits per heavy atom. The predicted octanol–water partition coefficient (Wildman–Crippen LogP) is 2.39. The molecule has 3 rings (SSSR count). The minimum Gasteiger partial charge on any atom is -0.466 e. The molecule has 21 heavy (non-hydrogen) atoms. The van der Waals surface area contributed by atoms with Gasteiger partial charge in [-0.2, -0.15) is 0 Å². The third kappa shape index (κ3) is 2.39. The fourth-order valence-corrected chi connectivity index (χ4v) is 2.94. The molecule has 0 amide bonds. The minimum atomic E-state index is -0.352. The van der Waals surface area contributed by atoms with Crippen molar-refractivity contribution in [2.75, 3.05) is 13.7 Å². The van der Waals surface area contributed by atoms with Crippen molar-refractivity contribution < 1.29 is 19.1 Å². The van der Waals surface area contributed by atoms with Crippen molar-refractivity contribution in [3.8, 4) is 0 Å². The van der Waals surface area contributed by atoms with Crippen LogP contribution < -0.4 is 0 Å². The summed E-state index contributed by atoms with van der Waals surface area (Å²) in [5, 5.41) is 1.00. The van der Waals surface area contributed by atoms with Crippen LogP contribution in [0.4, 0.5) is 0 Å². The van der Waals surface area contributed by atoms with Crippen LogP contribution in [0.3, 0.4) is 0 Å². The van der Waals surface area contributed by atoms with Crippen LogP contribution in [0, 0.1) is 0 Å². The number of esters is 2. The maximum absolute atomic E-state index is 11.7. The highest BCUT2D eigenvalue weighted by Gasteiger charge is 2.25. The average Bonchev–Trinajstić information content (AvgIpc) is 2.83. The number of ether oxygens (including phenoxy) is 2. The molecule has 1 aliphatic heterocycles. The number of aryl methyl sites for hydroxylation is 1. The molecular weight excluding hydrogens is 270 g/mol. The summed E-state index contributed by atoms with van der Waals surface area (Å²) in [5.41, 5.74) is 2.65. The van der Waals surface area contributed by atoms with E-state index < -0.39 is 0 Å². The lowest BCUT2D eigenvalue weighted by Crippen LogP contribution is -2.19. The normalized spacial score (nSPS) is 18.6. The highest BCUT2D eigenvalue weighted by molar-refractivity contribution is 5.96. The summed E-state index contributed by atoms with van der Waals surface area (Å²) in [4.78, 5) is 23.2. The van der Waals surface area contributed by atoms with Crippen molar-refractivity contribution in [2.24, 2.45) is 7.05 Å². The van der Waals surface area contributed by atoms with Crippen LogP contribution in [0.2, 0.25) is 0 Å². The molecule has 0 saturated carbocycles. The van der Waals surface area contributed by atoms with Gasteiger partial charge in [0.2, 0.25) is 0 Å². The van der Waals surface area contributed by atoms with Gasteiger partial charge in [-0.05, 0) is 36.1 Å². The van der Waals surface area contributed by atoms with Gasteiger partial charge in [-0.1, -0.05) is 0 Å². The third-order valence-corrected chi connectivity index (χ3v) is 4.02. The Balaban J connectivity index is 2.09. The molecule has 0 N–H and O–H groups in total. The first-order chi connectivity index (χ1) is 10.1. The van der Waals surface area contributed by atoms with Crippen molar-refractivity contribution in [3.05, 3.63) is 35.5 Å². The van der Waals surface area contributed by atoms with Crippen LogP contribution in [0.15, 0.2) is 24.4 Å². The van der Waals surface area contributed by atoms with Gasteiger partial charge in [0.15, 0.2) is 0 Å². The molecule has 1 atom stereocenters. The molecule has 1 aromatic heterocycles. The van der Waals surface area contributed by atoms with E-state index in [0.29, 0.717) is 18.6 Å². The Labute approximate surface area is 122 Å². The fraction of sp³-hybridized carbons (Fsp3) is 0.375. The van der Waals surface area contributed by atoms with Crippen LogP contribution >= 0.6 is 0 Å². The van der Waals surface area contributed by atoms with Gasteiger partial charge in [-0.3, -0.25) is 4.79 Å². The lowest BCUT2D eigenvalue weighted by Gasteiger charge is -2.20. The predicted molar refractivity (Wildman–Crippen MR) is 77.2 cm³/mol. The Bertz CT molecular complexity index is 716. The molecule has 0 unspecified atom stereocenters. The van der Waals surface area contributed by atoms with Crippen LogP contribution in [-0.2, 0) is 21.3 Å². The summed E-state index contributed by atoms with van der Waals surface area (Å²) >= 11 is 0. The van der Waals surface area contributed by atoms with E-state index in [4.69, 9.17) is 9.47 Å². The number of hydrogen-bond donors (Lipinski definition) is 0. The summed E-state index contributed by atoms with van der Waals surface area (Å²) in [7, 11) is 3.33. The number of carbonyl (C=O) groups excluding carboxylic acids is 2. The largest absolute Gasteiger partial charge is 0.466 e. The molecular formula is C16H17NO4. The van der Waals surface area contributed by atoms with E-state index in [9.17, 15) is 9.59 Å². The van der Waals surface area contributed by atoms with E-state index >= 15 is 0 Å². The molecule has 0 radical (unpaired) electrons. The monoisotopic (exact) mass is 287 g/mol. The quantitative estimate of drug-likeness (QED) is 0.796. The second-order valence-corrected chi connectivity index (χ2v) is 5.33. The summed E-state index contributed by atoms with van der Waals surface area (Å²) < 4.78 is 11.8. The number of nitrogens with zero attached hydrogens (tertiary/aromatic N) is 1. The maximum Gasteiger partial charge on any atom is 0.337 e. The number of benzene rings is 1. The van der Waals surface area contributed by atoms with Gasteiger partial charge in [0.25, 0.3) is 0 Å². The topological polar surface area (TPSA) is 57.5 Å². The summed E-state index contributed by atoms with van der Waals surface area (Å²) in [6.45, 7) is 0.455. The van der Waals surface area contributed by atoms with Crippen molar-refractivity contribution in [1.29, 1.82) is 0 Å². The first kappa shape index (κ1) is 13.7. The molecule has 1 fully saturated rings. The highest BCUT2D eigenvalue weighted by Crippen LogP contribution is 2.34. The van der Waals surface area contributed by atoms with Gasteiger partial charge < -0.3 is 14.0 Å². The second kappa shape index (κ2) is 5.24. The number of methoxy groups -OCH3 is 1. The minimum absolute atomic E-state index is 0.142. The zero-order valence-electron chi connectivity index (χ0n) is 12.1. The zero-order chi connectivity index (χ0) is 15.0. The van der Waals surface area contributed by atoms with E-state index in [1.807, 2.05) is 29.9 Å². The van der Waals surface area contributed by atoms with Gasteiger partial charge in [-0.15, -0.1) is 0 Å². The summed E-state index contributed by atoms with van der Waals surface area (Å²) in [6.07, 6.45) is 3.24. The van der Waals surface area contributed by atoms with E-state index in [0.717, 1.165) is 22.9 Å². The van der Waals surface area contributed by atoms with Crippen LogP contribution in [-0.4, -0.2) is 30.2 Å². The van der Waals surface area contributed by atoms with E-state index in [2.05, 4.69) is 0 Å². The molecule has 0 aliphatic carbocycles. The Hall–Kier alpha value is -2.30. The average molecular weight is 287 g/mol. The molecule has 5 nitrogen and oxygen atoms in total. The molecule has 0 bridgehead atoms. The molecule has 1 aromatic carbocycles. The maximum atomic E-state index is 11.7. The number of carbonyl (C=O) groups is 2. The van der Waals surface area contributed by atoms with Crippen molar-refractivity contribution in [2.45, 2.75) is 18.8 Å². The molecule has 1 aliphatic rings. The number of cyclic esters (lactones) is 1. The van der Waals surface area contributed by atoms with Crippen molar-refractivity contribution in [3.63, 3.8) is 0 Å². The van der Waals surface area contributed by atoms with E-state index in [1.165, 1.54) is 7.11 Å². The number of aromatic nitrogens is 1. The van der Waals surface area contributed by atoms with Gasteiger partial charge in [0.05, 0.1) is 25.7 Å². The summed E-state index contributed by atoms with van der Waals surface area (Å²) in [6, 6.07) is 5.51. The number of fused-ring (bicyclic) bond motifs is 1. The fourth-order valence-electron chi connectivity index (χ4n) is 2.94. The lowest BCUT2D eigenvalue weighted by atomic mass is 9.91. The first-order valence-corrected chi connectivity index (χ1v) is 6.93. The lowest BCUT2D eigenvalue weighted by molar-refractivity contribution is -0.147. The van der Waals surface area contributed by atoms with Crippen molar-refractivity contribution >= 4 is 22.8 Å². The number of hydrogen-bond acceptors (Lipinski definition) is 4. The zero-order valence-corrected chi connectivity index (χ0v) is 12.1. The summed E-state index contributed by atoms with van der Waals surface area (Å²) in [5.74, 6) is -0.370. The molecule has 0 spiro atoms. The Morgan fingerprint density at radius 1 is 1.43 bits per heavy atom. The van der Waals surface area contributed by atoms with Gasteiger partial charge in [0, 0.05) is 24.1 Å². The Kier molecular flexibility index (Phi) is 3.41. The van der Waals surface area contributed by atoms with Gasteiger partial charge >= 0.3 is 11.9 Å². The van der Waals surface area contributed by atoms with E-state index in [-0.39, 0.29) is 17.9 Å². The molecule has 2 aromatic rings. The first-order valence-electron chi connectivity index (χ1n) is 6.93. The third-order valence-electron chi connectivity index (χ3n) is 4.02. The van der Waals surface area contributed by atoms with Gasteiger partial charge in [0.1, 0.15) is 0 Å². The second-order valence-electron chi connectivity index (χ2n) is 5.33. The molecule has 110 valence electrons. The van der Waals surface area contributed by atoms with Gasteiger partial charge in [-0.25, -0.2) is 4.79 Å². The molecule has 2 heterocycles. The van der Waals surface area contributed by atoms with Crippen LogP contribution in [0.25, 0.3) is 10.9 Å². The molecule has 5 heteroatoms. The number of rotatable bonds is 2. The van der Waals surface area contributed by atoms with Crippen LogP contribution in [0.1, 0.15) is 34.7 Å². The smallest absolute Gasteiger partial charge is 0.337 e.